The summed E-state index contributed by atoms with van der Waals surface area (Å²) >= 11 is 0. The third kappa shape index (κ3) is 2.89. The Morgan fingerprint density at radius 2 is 2.24 bits per heavy atom. The average molecular weight is 230 g/mol. The summed E-state index contributed by atoms with van der Waals surface area (Å²) in [6.45, 7) is 3.33. The number of hydrogen-bond donors (Lipinski definition) is 1. The molecule has 1 aliphatic heterocycles. The van der Waals surface area contributed by atoms with Gasteiger partial charge in [0.2, 0.25) is 0 Å². The number of nitrogens with zero attached hydrogens (tertiary/aromatic N) is 1. The first-order valence-electron chi connectivity index (χ1n) is 6.40. The molecule has 2 nitrogen and oxygen atoms in total. The lowest BCUT2D eigenvalue weighted by atomic mass is 9.99. The summed E-state index contributed by atoms with van der Waals surface area (Å²) in [7, 11) is 4.16. The number of rotatable bonds is 3. The molecule has 1 atom stereocenters. The molecule has 1 aromatic carbocycles. The quantitative estimate of drug-likeness (QED) is 0.859. The molecule has 2 heteroatoms. The highest BCUT2D eigenvalue weighted by Gasteiger charge is 2.12. The molecule has 0 radical (unpaired) electrons. The Bertz CT molecular complexity index is 409. The van der Waals surface area contributed by atoms with E-state index in [9.17, 15) is 0 Å². The second-order valence-electron chi connectivity index (χ2n) is 4.85. The maximum absolute atomic E-state index is 3.21. The van der Waals surface area contributed by atoms with E-state index in [1.807, 2.05) is 7.05 Å². The zero-order valence-corrected chi connectivity index (χ0v) is 11.0. The van der Waals surface area contributed by atoms with Crippen LogP contribution in [0.4, 0.5) is 5.69 Å². The van der Waals surface area contributed by atoms with Gasteiger partial charge in [0.05, 0.1) is 0 Å². The molecule has 17 heavy (non-hydrogen) atoms. The first kappa shape index (κ1) is 12.2. The standard InChI is InChI=1S/C15H22N2/c1-12(16-2)6-7-13-8-9-15-14(11-13)5-4-10-17(15)3/h6-9,11-12,16H,4-5,10H2,1-3H3/b7-6+. The molecule has 0 aromatic heterocycles. The number of likely N-dealkylation sites (N-methyl/N-ethyl adjacent to an activating group) is 1. The summed E-state index contributed by atoms with van der Waals surface area (Å²) in [5.41, 5.74) is 4.19. The lowest BCUT2D eigenvalue weighted by molar-refractivity contribution is 0.731. The van der Waals surface area contributed by atoms with Gasteiger partial charge in [0.25, 0.3) is 0 Å². The van der Waals surface area contributed by atoms with Crippen molar-refractivity contribution in [1.82, 2.24) is 5.32 Å². The van der Waals surface area contributed by atoms with Gasteiger partial charge in [-0.1, -0.05) is 18.2 Å². The van der Waals surface area contributed by atoms with Crippen LogP contribution in [-0.2, 0) is 6.42 Å². The van der Waals surface area contributed by atoms with Crippen LogP contribution in [0.1, 0.15) is 24.5 Å². The van der Waals surface area contributed by atoms with Crippen molar-refractivity contribution in [1.29, 1.82) is 0 Å². The summed E-state index contributed by atoms with van der Waals surface area (Å²) < 4.78 is 0. The van der Waals surface area contributed by atoms with Gasteiger partial charge in [-0.05, 0) is 50.1 Å². The van der Waals surface area contributed by atoms with Gasteiger partial charge in [-0.25, -0.2) is 0 Å². The van der Waals surface area contributed by atoms with Crippen LogP contribution in [0.2, 0.25) is 0 Å². The predicted octanol–water partition coefficient (Wildman–Crippen LogP) is 2.69. The van der Waals surface area contributed by atoms with Crippen LogP contribution >= 0.6 is 0 Å². The molecule has 0 amide bonds. The topological polar surface area (TPSA) is 15.3 Å². The van der Waals surface area contributed by atoms with E-state index in [4.69, 9.17) is 0 Å². The number of aryl methyl sites for hydroxylation is 1. The van der Waals surface area contributed by atoms with Crippen LogP contribution in [0.25, 0.3) is 6.08 Å². The molecule has 1 unspecified atom stereocenters. The fourth-order valence-electron chi connectivity index (χ4n) is 2.26. The average Bonchev–Trinajstić information content (AvgIpc) is 2.36. The van der Waals surface area contributed by atoms with Crippen molar-refractivity contribution >= 4 is 11.8 Å². The van der Waals surface area contributed by atoms with E-state index in [1.54, 1.807) is 0 Å². The first-order valence-corrected chi connectivity index (χ1v) is 6.40. The Kier molecular flexibility index (Phi) is 3.85. The smallest absolute Gasteiger partial charge is 0.0396 e. The van der Waals surface area contributed by atoms with Gasteiger partial charge in [-0.15, -0.1) is 0 Å². The molecule has 1 N–H and O–H groups in total. The fourth-order valence-corrected chi connectivity index (χ4v) is 2.26. The van der Waals surface area contributed by atoms with E-state index in [2.05, 4.69) is 54.5 Å². The second kappa shape index (κ2) is 5.37. The summed E-state index contributed by atoms with van der Waals surface area (Å²) in [6.07, 6.45) is 6.89. The van der Waals surface area contributed by atoms with Crippen molar-refractivity contribution in [2.24, 2.45) is 0 Å². The van der Waals surface area contributed by atoms with Crippen molar-refractivity contribution in [3.63, 3.8) is 0 Å². The lowest BCUT2D eigenvalue weighted by Crippen LogP contribution is -2.24. The zero-order chi connectivity index (χ0) is 12.3. The molecule has 1 aromatic rings. The summed E-state index contributed by atoms with van der Waals surface area (Å²) in [5.74, 6) is 0. The second-order valence-corrected chi connectivity index (χ2v) is 4.85. The highest BCUT2D eigenvalue weighted by atomic mass is 15.1. The molecule has 0 fully saturated rings. The van der Waals surface area contributed by atoms with Crippen molar-refractivity contribution in [2.45, 2.75) is 25.8 Å². The van der Waals surface area contributed by atoms with Gasteiger partial charge < -0.3 is 10.2 Å². The maximum Gasteiger partial charge on any atom is 0.0396 e. The first-order chi connectivity index (χ1) is 8.20. The van der Waals surface area contributed by atoms with E-state index < -0.39 is 0 Å². The van der Waals surface area contributed by atoms with E-state index in [-0.39, 0.29) is 0 Å². The van der Waals surface area contributed by atoms with Crippen LogP contribution in [-0.4, -0.2) is 26.7 Å². The van der Waals surface area contributed by atoms with Crippen LogP contribution in [0.15, 0.2) is 24.3 Å². The van der Waals surface area contributed by atoms with Crippen LogP contribution in [0.3, 0.4) is 0 Å². The fraction of sp³-hybridized carbons (Fsp3) is 0.467. The molecule has 0 spiro atoms. The molecule has 0 saturated carbocycles. The molecule has 1 aliphatic rings. The van der Waals surface area contributed by atoms with Gasteiger partial charge in [0.15, 0.2) is 0 Å². The number of benzene rings is 1. The van der Waals surface area contributed by atoms with Crippen molar-refractivity contribution < 1.29 is 0 Å². The molecule has 92 valence electrons. The van der Waals surface area contributed by atoms with E-state index >= 15 is 0 Å². The van der Waals surface area contributed by atoms with Crippen molar-refractivity contribution in [3.05, 3.63) is 35.4 Å². The van der Waals surface area contributed by atoms with Gasteiger partial charge in [0, 0.05) is 25.3 Å². The maximum atomic E-state index is 3.21. The molecular weight excluding hydrogens is 208 g/mol. The van der Waals surface area contributed by atoms with Crippen LogP contribution in [0.5, 0.6) is 0 Å². The Balaban J connectivity index is 2.19. The molecule has 0 aliphatic carbocycles. The van der Waals surface area contributed by atoms with Gasteiger partial charge >= 0.3 is 0 Å². The summed E-state index contributed by atoms with van der Waals surface area (Å²) in [4.78, 5) is 2.35. The zero-order valence-electron chi connectivity index (χ0n) is 11.0. The molecule has 2 rings (SSSR count). The van der Waals surface area contributed by atoms with Crippen molar-refractivity contribution in [3.8, 4) is 0 Å². The highest BCUT2D eigenvalue weighted by molar-refractivity contribution is 5.61. The number of anilines is 1. The lowest BCUT2D eigenvalue weighted by Gasteiger charge is -2.27. The van der Waals surface area contributed by atoms with Gasteiger partial charge in [0.1, 0.15) is 0 Å². The molecule has 0 bridgehead atoms. The highest BCUT2D eigenvalue weighted by Crippen LogP contribution is 2.27. The predicted molar refractivity (Wildman–Crippen MR) is 75.6 cm³/mol. The Labute approximate surface area is 104 Å². The Hall–Kier alpha value is -1.28. The molecule has 0 saturated heterocycles. The largest absolute Gasteiger partial charge is 0.374 e. The minimum absolute atomic E-state index is 0.425. The van der Waals surface area contributed by atoms with Crippen molar-refractivity contribution in [2.75, 3.05) is 25.5 Å². The van der Waals surface area contributed by atoms with Gasteiger partial charge in [-0.2, -0.15) is 0 Å². The molecule has 1 heterocycles. The van der Waals surface area contributed by atoms with Crippen LogP contribution < -0.4 is 10.2 Å². The van der Waals surface area contributed by atoms with E-state index in [0.29, 0.717) is 6.04 Å². The minimum Gasteiger partial charge on any atom is -0.374 e. The van der Waals surface area contributed by atoms with Crippen LogP contribution in [0, 0.1) is 0 Å². The van der Waals surface area contributed by atoms with E-state index in [1.165, 1.54) is 36.2 Å². The van der Waals surface area contributed by atoms with Gasteiger partial charge in [-0.3, -0.25) is 0 Å². The summed E-state index contributed by atoms with van der Waals surface area (Å²) in [6, 6.07) is 7.20. The number of nitrogens with one attached hydrogen (secondary N) is 1. The number of fused-ring (bicyclic) bond motifs is 1. The molecular formula is C15H22N2. The van der Waals surface area contributed by atoms with E-state index in [0.717, 1.165) is 0 Å². The normalized spacial score (nSPS) is 17.2. The SMILES string of the molecule is CNC(C)/C=C/c1ccc2c(c1)CCCN2C. The monoisotopic (exact) mass is 230 g/mol. The third-order valence-electron chi connectivity index (χ3n) is 3.49. The summed E-state index contributed by atoms with van der Waals surface area (Å²) in [5, 5.41) is 3.21. The minimum atomic E-state index is 0.425. The Morgan fingerprint density at radius 3 is 3.00 bits per heavy atom. The third-order valence-corrected chi connectivity index (χ3v) is 3.49. The Morgan fingerprint density at radius 1 is 1.41 bits per heavy atom. The number of hydrogen-bond acceptors (Lipinski definition) is 2.